The van der Waals surface area contributed by atoms with Gasteiger partial charge in [-0.1, -0.05) is 51.1 Å². The third-order valence-corrected chi connectivity index (χ3v) is 6.52. The third kappa shape index (κ3) is 2.34. The molecule has 1 aromatic carbocycles. The average Bonchev–Trinajstić information content (AvgIpc) is 2.53. The highest BCUT2D eigenvalue weighted by molar-refractivity contribution is 5.67. The molecule has 2 saturated heterocycles. The highest BCUT2D eigenvalue weighted by atomic mass is 16.4. The number of hydrogen-bond donors (Lipinski definition) is 2. The Morgan fingerprint density at radius 1 is 1.21 bits per heavy atom. The van der Waals surface area contributed by atoms with Crippen molar-refractivity contribution >= 4 is 6.09 Å². The van der Waals surface area contributed by atoms with Gasteiger partial charge in [0.15, 0.2) is 0 Å². The summed E-state index contributed by atoms with van der Waals surface area (Å²) in [6.45, 7) is 7.56. The number of likely N-dealkylation sites (N-methyl/N-ethyl adjacent to an activating group) is 1. The van der Waals surface area contributed by atoms with Gasteiger partial charge in [0.25, 0.3) is 0 Å². The predicted molar refractivity (Wildman–Crippen MR) is 96.1 cm³/mol. The Balaban J connectivity index is 2.26. The van der Waals surface area contributed by atoms with Crippen LogP contribution in [0.4, 0.5) is 4.79 Å². The Kier molecular flexibility index (Phi) is 4.15. The second-order valence-corrected chi connectivity index (χ2v) is 8.65. The number of carbonyl (C=O) groups is 1. The highest BCUT2D eigenvalue weighted by Crippen LogP contribution is 2.58. The molecule has 1 atom stereocenters. The van der Waals surface area contributed by atoms with Gasteiger partial charge in [-0.25, -0.2) is 4.79 Å². The van der Waals surface area contributed by atoms with E-state index in [-0.39, 0.29) is 11.0 Å². The standard InChI is InChI=1S/C20H30N2O2/c1-18(2,3)20(21-17(23)24,16-8-6-5-7-9-16)19-12-10-15(11-13-19)14-22(19)4/h5-9,15,21H,10-14H2,1-4H3,(H,23,24)/t15?,19?,20-/m1/s1. The van der Waals surface area contributed by atoms with E-state index in [9.17, 15) is 9.90 Å². The first kappa shape index (κ1) is 17.3. The Labute approximate surface area is 145 Å². The number of hydrogen-bond acceptors (Lipinski definition) is 2. The van der Waals surface area contributed by atoms with Crippen molar-refractivity contribution in [3.8, 4) is 0 Å². The number of nitrogens with zero attached hydrogens (tertiary/aromatic N) is 1. The third-order valence-electron chi connectivity index (χ3n) is 6.52. The van der Waals surface area contributed by atoms with Crippen LogP contribution in [0.5, 0.6) is 0 Å². The first-order valence-corrected chi connectivity index (χ1v) is 9.01. The van der Waals surface area contributed by atoms with E-state index in [1.54, 1.807) is 0 Å². The second-order valence-electron chi connectivity index (χ2n) is 8.65. The van der Waals surface area contributed by atoms with Gasteiger partial charge in [-0.3, -0.25) is 4.90 Å². The molecule has 0 unspecified atom stereocenters. The van der Waals surface area contributed by atoms with Crippen LogP contribution in [0.15, 0.2) is 30.3 Å². The van der Waals surface area contributed by atoms with Gasteiger partial charge < -0.3 is 10.4 Å². The van der Waals surface area contributed by atoms with E-state index in [0.717, 1.165) is 30.9 Å². The fourth-order valence-corrected chi connectivity index (χ4v) is 5.57. The molecule has 4 rings (SSSR count). The van der Waals surface area contributed by atoms with Crippen LogP contribution in [0, 0.1) is 11.3 Å². The maximum atomic E-state index is 11.9. The van der Waals surface area contributed by atoms with Gasteiger partial charge >= 0.3 is 6.09 Å². The van der Waals surface area contributed by atoms with Gasteiger partial charge in [-0.05, 0) is 49.6 Å². The van der Waals surface area contributed by atoms with Crippen molar-refractivity contribution in [3.63, 3.8) is 0 Å². The molecule has 2 aliphatic heterocycles. The zero-order valence-corrected chi connectivity index (χ0v) is 15.3. The number of amides is 1. The topological polar surface area (TPSA) is 52.6 Å². The number of carboxylic acid groups (broad SMARTS) is 1. The summed E-state index contributed by atoms with van der Waals surface area (Å²) in [6, 6.07) is 10.2. The Bertz CT molecular complexity index is 600. The molecule has 4 nitrogen and oxygen atoms in total. The van der Waals surface area contributed by atoms with Crippen molar-refractivity contribution in [3.05, 3.63) is 35.9 Å². The number of rotatable bonds is 3. The monoisotopic (exact) mass is 330 g/mol. The van der Waals surface area contributed by atoms with Gasteiger partial charge in [0, 0.05) is 12.1 Å². The minimum atomic E-state index is -0.941. The maximum Gasteiger partial charge on any atom is 0.405 e. The zero-order valence-electron chi connectivity index (χ0n) is 15.3. The van der Waals surface area contributed by atoms with Gasteiger partial charge in [-0.2, -0.15) is 0 Å². The van der Waals surface area contributed by atoms with E-state index < -0.39 is 11.6 Å². The summed E-state index contributed by atoms with van der Waals surface area (Å²) in [7, 11) is 2.18. The van der Waals surface area contributed by atoms with Crippen LogP contribution >= 0.6 is 0 Å². The van der Waals surface area contributed by atoms with Crippen molar-refractivity contribution in [1.29, 1.82) is 0 Å². The summed E-state index contributed by atoms with van der Waals surface area (Å²) >= 11 is 0. The molecule has 4 heteroatoms. The Morgan fingerprint density at radius 2 is 1.79 bits per heavy atom. The summed E-state index contributed by atoms with van der Waals surface area (Å²) in [5, 5.41) is 12.8. The van der Waals surface area contributed by atoms with Gasteiger partial charge in [0.05, 0.1) is 5.54 Å². The molecule has 0 aromatic heterocycles. The minimum Gasteiger partial charge on any atom is -0.465 e. The van der Waals surface area contributed by atoms with Crippen molar-refractivity contribution in [2.75, 3.05) is 13.6 Å². The number of fused-ring (bicyclic) bond motifs is 3. The first-order valence-electron chi connectivity index (χ1n) is 9.01. The van der Waals surface area contributed by atoms with E-state index in [1.165, 1.54) is 12.8 Å². The number of piperidine rings is 2. The first-order chi connectivity index (χ1) is 11.2. The molecule has 132 valence electrons. The lowest BCUT2D eigenvalue weighted by Crippen LogP contribution is -2.76. The molecular formula is C20H30N2O2. The van der Waals surface area contributed by atoms with Crippen molar-refractivity contribution in [1.82, 2.24) is 10.2 Å². The molecule has 2 bridgehead atoms. The van der Waals surface area contributed by atoms with Gasteiger partial charge in [-0.15, -0.1) is 0 Å². The van der Waals surface area contributed by atoms with E-state index in [0.29, 0.717) is 0 Å². The van der Waals surface area contributed by atoms with Crippen molar-refractivity contribution in [2.24, 2.45) is 11.3 Å². The molecule has 3 fully saturated rings. The molecule has 2 N–H and O–H groups in total. The van der Waals surface area contributed by atoms with Crippen molar-refractivity contribution < 1.29 is 9.90 Å². The zero-order chi connectivity index (χ0) is 17.6. The maximum absolute atomic E-state index is 11.9. The summed E-state index contributed by atoms with van der Waals surface area (Å²) in [5.41, 5.74) is -0.00914. The molecule has 24 heavy (non-hydrogen) atoms. The number of benzene rings is 1. The van der Waals surface area contributed by atoms with Crippen LogP contribution in [0.2, 0.25) is 0 Å². The summed E-state index contributed by atoms with van der Waals surface area (Å²) < 4.78 is 0. The molecule has 1 amide bonds. The second kappa shape index (κ2) is 5.76. The Hall–Kier alpha value is -1.55. The molecule has 1 aromatic rings. The van der Waals surface area contributed by atoms with Crippen LogP contribution < -0.4 is 5.32 Å². The fourth-order valence-electron chi connectivity index (χ4n) is 5.57. The summed E-state index contributed by atoms with van der Waals surface area (Å²) in [6.07, 6.45) is 3.53. The SMILES string of the molecule is CN1CC2CCC1([C@@](NC(=O)O)(c1ccccc1)C(C)(C)C)CC2. The largest absolute Gasteiger partial charge is 0.465 e. The summed E-state index contributed by atoms with van der Waals surface area (Å²) in [5.74, 6) is 0.759. The molecule has 0 radical (unpaired) electrons. The van der Waals surface area contributed by atoms with Crippen LogP contribution in [0.25, 0.3) is 0 Å². The van der Waals surface area contributed by atoms with Crippen LogP contribution in [0.1, 0.15) is 52.0 Å². The normalized spacial score (nSPS) is 29.9. The van der Waals surface area contributed by atoms with Gasteiger partial charge in [0.1, 0.15) is 0 Å². The summed E-state index contributed by atoms with van der Waals surface area (Å²) in [4.78, 5) is 14.4. The van der Waals surface area contributed by atoms with E-state index in [2.05, 4.69) is 50.2 Å². The molecule has 1 saturated carbocycles. The Morgan fingerprint density at radius 3 is 2.25 bits per heavy atom. The minimum absolute atomic E-state index is 0.181. The van der Waals surface area contributed by atoms with Gasteiger partial charge in [0.2, 0.25) is 0 Å². The molecular weight excluding hydrogens is 300 g/mol. The van der Waals surface area contributed by atoms with Crippen LogP contribution in [0.3, 0.4) is 0 Å². The highest BCUT2D eigenvalue weighted by Gasteiger charge is 2.63. The molecule has 2 heterocycles. The molecule has 3 aliphatic rings. The fraction of sp³-hybridized carbons (Fsp3) is 0.650. The van der Waals surface area contributed by atoms with Crippen LogP contribution in [-0.2, 0) is 5.54 Å². The lowest BCUT2D eigenvalue weighted by Gasteiger charge is -2.66. The predicted octanol–water partition coefficient (Wildman–Crippen LogP) is 4.07. The van der Waals surface area contributed by atoms with E-state index in [4.69, 9.17) is 0 Å². The molecule has 1 aliphatic carbocycles. The van der Waals surface area contributed by atoms with Crippen molar-refractivity contribution in [2.45, 2.75) is 57.5 Å². The average molecular weight is 330 g/mol. The smallest absolute Gasteiger partial charge is 0.405 e. The lowest BCUT2D eigenvalue weighted by molar-refractivity contribution is -0.119. The van der Waals surface area contributed by atoms with Crippen LogP contribution in [-0.4, -0.2) is 35.2 Å². The van der Waals surface area contributed by atoms with E-state index >= 15 is 0 Å². The molecule has 0 spiro atoms. The lowest BCUT2D eigenvalue weighted by atomic mass is 9.51. The number of nitrogens with one attached hydrogen (secondary N) is 1. The quantitative estimate of drug-likeness (QED) is 0.878. The van der Waals surface area contributed by atoms with E-state index in [1.807, 2.05) is 18.2 Å².